The van der Waals surface area contributed by atoms with Crippen LogP contribution in [0.5, 0.6) is 0 Å². The number of rotatable bonds is 0. The third kappa shape index (κ3) is 1.88. The summed E-state index contributed by atoms with van der Waals surface area (Å²) in [6.45, 7) is 11.1. The molecule has 130 valence electrons. The maximum atomic E-state index is 12.5. The molecule has 4 rings (SSSR count). The minimum Gasteiger partial charge on any atom is -0.299 e. The van der Waals surface area contributed by atoms with E-state index in [0.29, 0.717) is 23.5 Å². The Morgan fingerprint density at radius 2 is 1.92 bits per heavy atom. The summed E-state index contributed by atoms with van der Waals surface area (Å²) < 4.78 is 0. The molecule has 0 heterocycles. The zero-order chi connectivity index (χ0) is 17.4. The Morgan fingerprint density at radius 1 is 1.21 bits per heavy atom. The minimum atomic E-state index is -0.111. The molecule has 2 nitrogen and oxygen atoms in total. The second kappa shape index (κ2) is 5.16. The second-order valence-electron chi connectivity index (χ2n) is 9.04. The van der Waals surface area contributed by atoms with Gasteiger partial charge in [0.05, 0.1) is 4.83 Å². The summed E-state index contributed by atoms with van der Waals surface area (Å²) in [6.07, 6.45) is 6.75. The highest BCUT2D eigenvalue weighted by Crippen LogP contribution is 2.66. The number of hydrogen-bond acceptors (Lipinski definition) is 2. The lowest BCUT2D eigenvalue weighted by Crippen LogP contribution is -2.55. The van der Waals surface area contributed by atoms with E-state index in [1.54, 1.807) is 0 Å². The van der Waals surface area contributed by atoms with Gasteiger partial charge >= 0.3 is 0 Å². The van der Waals surface area contributed by atoms with E-state index >= 15 is 0 Å². The summed E-state index contributed by atoms with van der Waals surface area (Å²) >= 11 is 3.65. The topological polar surface area (TPSA) is 34.1 Å². The molecule has 0 saturated heterocycles. The number of carbonyl (C=O) groups is 2. The fraction of sp³-hybridized carbons (Fsp3) is 0.714. The normalized spacial score (nSPS) is 50.9. The molecule has 0 amide bonds. The van der Waals surface area contributed by atoms with E-state index in [9.17, 15) is 9.59 Å². The molecule has 0 bridgehead atoms. The van der Waals surface area contributed by atoms with E-state index in [0.717, 1.165) is 37.7 Å². The molecule has 0 N–H and O–H groups in total. The van der Waals surface area contributed by atoms with Gasteiger partial charge in [0.1, 0.15) is 5.78 Å². The molecule has 0 spiro atoms. The van der Waals surface area contributed by atoms with E-state index < -0.39 is 0 Å². The maximum absolute atomic E-state index is 12.5. The molecule has 24 heavy (non-hydrogen) atoms. The van der Waals surface area contributed by atoms with Gasteiger partial charge in [-0.1, -0.05) is 48.9 Å². The van der Waals surface area contributed by atoms with E-state index in [2.05, 4.69) is 43.3 Å². The van der Waals surface area contributed by atoms with Crippen molar-refractivity contribution in [3.63, 3.8) is 0 Å². The molecule has 3 fully saturated rings. The summed E-state index contributed by atoms with van der Waals surface area (Å²) in [5.74, 6) is 2.52. The SMILES string of the molecule is C=C1C[C@@H]2[C@@H](CC[C@]3(C)C(=O)CC[C@@H]23)[C@]2(C)C1=CC(=O)C(Br)C2C. The third-order valence-corrected chi connectivity index (χ3v) is 9.55. The molecule has 0 aromatic heterocycles. The van der Waals surface area contributed by atoms with Crippen LogP contribution in [0.25, 0.3) is 0 Å². The number of halogens is 1. The molecule has 0 radical (unpaired) electrons. The van der Waals surface area contributed by atoms with Crippen LogP contribution in [-0.2, 0) is 9.59 Å². The summed E-state index contributed by atoms with van der Waals surface area (Å²) in [4.78, 5) is 24.8. The lowest BCUT2D eigenvalue weighted by Gasteiger charge is -2.59. The zero-order valence-electron chi connectivity index (χ0n) is 14.9. The van der Waals surface area contributed by atoms with Gasteiger partial charge in [0.15, 0.2) is 5.78 Å². The molecule has 3 heteroatoms. The molecular formula is C21H27BrO2. The van der Waals surface area contributed by atoms with Crippen molar-refractivity contribution in [2.75, 3.05) is 0 Å². The number of Topliss-reactive ketones (excluding diaryl/α,β-unsaturated/α-hetero) is 1. The van der Waals surface area contributed by atoms with Crippen molar-refractivity contribution in [3.05, 3.63) is 23.8 Å². The average Bonchev–Trinajstić information content (AvgIpc) is 2.84. The Labute approximate surface area is 153 Å². The van der Waals surface area contributed by atoms with Crippen molar-refractivity contribution >= 4 is 27.5 Å². The number of fused-ring (bicyclic) bond motifs is 5. The van der Waals surface area contributed by atoms with Gasteiger partial charge in [-0.2, -0.15) is 0 Å². The van der Waals surface area contributed by atoms with Crippen LogP contribution in [0.2, 0.25) is 0 Å². The van der Waals surface area contributed by atoms with Crippen LogP contribution in [0.4, 0.5) is 0 Å². The number of allylic oxidation sites excluding steroid dienone is 2. The molecule has 0 aliphatic heterocycles. The molecule has 2 unspecified atom stereocenters. The highest BCUT2D eigenvalue weighted by molar-refractivity contribution is 9.10. The summed E-state index contributed by atoms with van der Waals surface area (Å²) in [5.41, 5.74) is 2.22. The summed E-state index contributed by atoms with van der Waals surface area (Å²) in [6, 6.07) is 0. The van der Waals surface area contributed by atoms with Crippen molar-refractivity contribution in [2.24, 2.45) is 34.5 Å². The first kappa shape index (κ1) is 16.8. The first-order valence-electron chi connectivity index (χ1n) is 9.32. The second-order valence-corrected chi connectivity index (χ2v) is 10.0. The predicted octanol–water partition coefficient (Wildman–Crippen LogP) is 4.87. The monoisotopic (exact) mass is 390 g/mol. The van der Waals surface area contributed by atoms with Crippen molar-refractivity contribution in [1.29, 1.82) is 0 Å². The van der Waals surface area contributed by atoms with Gasteiger partial charge in [-0.3, -0.25) is 9.59 Å². The van der Waals surface area contributed by atoms with E-state index in [-0.39, 0.29) is 27.4 Å². The first-order valence-corrected chi connectivity index (χ1v) is 10.2. The zero-order valence-corrected chi connectivity index (χ0v) is 16.5. The summed E-state index contributed by atoms with van der Waals surface area (Å²) in [5, 5.41) is 0. The van der Waals surface area contributed by atoms with Crippen LogP contribution in [0.15, 0.2) is 23.8 Å². The Bertz CT molecular complexity index is 677. The fourth-order valence-corrected chi connectivity index (χ4v) is 7.36. The average molecular weight is 391 g/mol. The van der Waals surface area contributed by atoms with Crippen molar-refractivity contribution in [1.82, 2.24) is 0 Å². The Hall–Kier alpha value is -0.700. The lowest BCUT2D eigenvalue weighted by molar-refractivity contribution is -0.132. The smallest absolute Gasteiger partial charge is 0.169 e. The molecule has 0 aromatic carbocycles. The lowest BCUT2D eigenvalue weighted by atomic mass is 9.45. The predicted molar refractivity (Wildman–Crippen MR) is 98.9 cm³/mol. The number of ketones is 2. The maximum Gasteiger partial charge on any atom is 0.169 e. The van der Waals surface area contributed by atoms with Crippen LogP contribution in [0.1, 0.15) is 52.9 Å². The molecule has 4 aliphatic rings. The van der Waals surface area contributed by atoms with Crippen molar-refractivity contribution in [3.8, 4) is 0 Å². The Kier molecular flexibility index (Phi) is 3.60. The highest BCUT2D eigenvalue weighted by atomic mass is 79.9. The van der Waals surface area contributed by atoms with Crippen LogP contribution < -0.4 is 0 Å². The number of carbonyl (C=O) groups excluding carboxylic acids is 2. The summed E-state index contributed by atoms with van der Waals surface area (Å²) in [7, 11) is 0. The van der Waals surface area contributed by atoms with Crippen LogP contribution in [0.3, 0.4) is 0 Å². The van der Waals surface area contributed by atoms with E-state index in [4.69, 9.17) is 0 Å². The Balaban J connectivity index is 1.81. The third-order valence-electron chi connectivity index (χ3n) is 8.30. The standard InChI is InChI=1S/C21H27BrO2/c1-11-9-13-14-5-6-18(24)20(14,3)8-7-15(13)21(4)12(2)19(22)17(23)10-16(11)21/h10,12-15,19H,1,5-9H2,2-4H3/t12?,13-,14-,15+,19?,20-,21+/m0/s1. The minimum absolute atomic E-state index is 0.00492. The van der Waals surface area contributed by atoms with E-state index in [1.165, 1.54) is 5.57 Å². The number of alkyl halides is 1. The van der Waals surface area contributed by atoms with Gasteiger partial charge in [0.2, 0.25) is 0 Å². The quantitative estimate of drug-likeness (QED) is 0.552. The Morgan fingerprint density at radius 3 is 2.62 bits per heavy atom. The van der Waals surface area contributed by atoms with Crippen molar-refractivity contribution < 1.29 is 9.59 Å². The van der Waals surface area contributed by atoms with Crippen LogP contribution in [-0.4, -0.2) is 16.4 Å². The molecular weight excluding hydrogens is 364 g/mol. The van der Waals surface area contributed by atoms with Crippen LogP contribution >= 0.6 is 15.9 Å². The van der Waals surface area contributed by atoms with Gasteiger partial charge in [0.25, 0.3) is 0 Å². The van der Waals surface area contributed by atoms with Gasteiger partial charge in [-0.25, -0.2) is 0 Å². The van der Waals surface area contributed by atoms with Gasteiger partial charge < -0.3 is 0 Å². The van der Waals surface area contributed by atoms with Gasteiger partial charge in [-0.15, -0.1) is 0 Å². The molecule has 7 atom stereocenters. The van der Waals surface area contributed by atoms with Gasteiger partial charge in [0, 0.05) is 17.3 Å². The molecule has 3 saturated carbocycles. The molecule has 0 aromatic rings. The molecule has 4 aliphatic carbocycles. The van der Waals surface area contributed by atoms with E-state index in [1.807, 2.05) is 6.08 Å². The first-order chi connectivity index (χ1) is 11.2. The highest BCUT2D eigenvalue weighted by Gasteiger charge is 2.61. The van der Waals surface area contributed by atoms with Crippen molar-refractivity contribution in [2.45, 2.75) is 57.7 Å². The number of hydrogen-bond donors (Lipinski definition) is 0. The van der Waals surface area contributed by atoms with Crippen LogP contribution in [0, 0.1) is 34.5 Å². The fourth-order valence-electron chi connectivity index (χ4n) is 6.68. The van der Waals surface area contributed by atoms with Gasteiger partial charge in [-0.05, 0) is 61.0 Å². The largest absolute Gasteiger partial charge is 0.299 e.